The number of ether oxygens (including phenoxy) is 1. The van der Waals surface area contributed by atoms with Gasteiger partial charge in [0.25, 0.3) is 0 Å². The number of nitrogens with two attached hydrogens (primary N) is 2. The molecule has 0 aliphatic carbocycles. The van der Waals surface area contributed by atoms with E-state index in [1.54, 1.807) is 31.2 Å². The van der Waals surface area contributed by atoms with E-state index < -0.39 is 5.54 Å². The Bertz CT molecular complexity index is 1150. The highest BCUT2D eigenvalue weighted by molar-refractivity contribution is 6.07. The molecule has 142 valence electrons. The number of para-hydroxylation sites is 1. The number of hydrogen-bond donors (Lipinski definition) is 4. The zero-order valence-corrected chi connectivity index (χ0v) is 15.5. The van der Waals surface area contributed by atoms with Gasteiger partial charge in [0, 0.05) is 34.6 Å². The number of benzene rings is 3. The van der Waals surface area contributed by atoms with E-state index in [-0.39, 0.29) is 12.5 Å². The third-order valence-corrected chi connectivity index (χ3v) is 4.77. The van der Waals surface area contributed by atoms with Gasteiger partial charge in [-0.05, 0) is 49.4 Å². The molecular weight excluding hydrogens is 352 g/mol. The molecule has 4 rings (SSSR count). The molecule has 0 unspecified atom stereocenters. The summed E-state index contributed by atoms with van der Waals surface area (Å²) in [5.74, 6) is 1.07. The minimum Gasteiger partial charge on any atom is -0.457 e. The van der Waals surface area contributed by atoms with Crippen molar-refractivity contribution < 1.29 is 9.53 Å². The fourth-order valence-corrected chi connectivity index (χ4v) is 3.01. The van der Waals surface area contributed by atoms with E-state index in [2.05, 4.69) is 22.4 Å². The van der Waals surface area contributed by atoms with Gasteiger partial charge in [0.05, 0.1) is 5.52 Å². The van der Waals surface area contributed by atoms with Crippen LogP contribution >= 0.6 is 0 Å². The fraction of sp³-hybridized carbons (Fsp3) is 0.136. The molecule has 1 amide bonds. The lowest BCUT2D eigenvalue weighted by Gasteiger charge is -2.21. The van der Waals surface area contributed by atoms with Gasteiger partial charge in [0.2, 0.25) is 5.91 Å². The van der Waals surface area contributed by atoms with Crippen LogP contribution in [0.15, 0.2) is 66.7 Å². The van der Waals surface area contributed by atoms with Crippen LogP contribution in [0, 0.1) is 0 Å². The molecule has 28 heavy (non-hydrogen) atoms. The quantitative estimate of drug-likeness (QED) is 0.427. The smallest absolute Gasteiger partial charge is 0.245 e. The summed E-state index contributed by atoms with van der Waals surface area (Å²) in [6, 6.07) is 21.3. The predicted octanol–water partition coefficient (Wildman–Crippen LogP) is 3.73. The molecule has 0 saturated carbocycles. The summed E-state index contributed by atoms with van der Waals surface area (Å²) < 4.78 is 5.95. The molecule has 6 nitrogen and oxygen atoms in total. The summed E-state index contributed by atoms with van der Waals surface area (Å²) in [6.45, 7) is 1.66. The minimum absolute atomic E-state index is 0.0657. The zero-order chi connectivity index (χ0) is 19.7. The van der Waals surface area contributed by atoms with Crippen molar-refractivity contribution in [2.75, 3.05) is 11.9 Å². The Morgan fingerprint density at radius 2 is 1.68 bits per heavy atom. The average molecular weight is 374 g/mol. The van der Waals surface area contributed by atoms with Crippen molar-refractivity contribution in [3.05, 3.63) is 66.7 Å². The molecule has 0 aliphatic heterocycles. The number of rotatable bonds is 5. The van der Waals surface area contributed by atoms with Crippen molar-refractivity contribution in [2.24, 2.45) is 11.5 Å². The second-order valence-electron chi connectivity index (χ2n) is 7.08. The standard InChI is InChI=1S/C22H22N4O2/c1-22(24,13-23)21(27)25-14-6-8-15(9-7-14)28-16-10-11-18-17-4-2-3-5-19(17)26-20(18)12-16/h2-12,26H,13,23-24H2,1H3,(H,25,27)/t22-/m0/s1. The van der Waals surface area contributed by atoms with Crippen LogP contribution in [0.3, 0.4) is 0 Å². The van der Waals surface area contributed by atoms with Crippen molar-refractivity contribution in [1.29, 1.82) is 0 Å². The van der Waals surface area contributed by atoms with Gasteiger partial charge in [-0.2, -0.15) is 0 Å². The van der Waals surface area contributed by atoms with Gasteiger partial charge in [-0.25, -0.2) is 0 Å². The number of anilines is 1. The van der Waals surface area contributed by atoms with Crippen LogP contribution in [0.25, 0.3) is 21.8 Å². The summed E-state index contributed by atoms with van der Waals surface area (Å²) in [5.41, 5.74) is 13.0. The number of fused-ring (bicyclic) bond motifs is 3. The maximum atomic E-state index is 12.1. The third-order valence-electron chi connectivity index (χ3n) is 4.77. The van der Waals surface area contributed by atoms with E-state index in [0.29, 0.717) is 11.4 Å². The summed E-state index contributed by atoms with van der Waals surface area (Å²) in [7, 11) is 0. The molecule has 0 spiro atoms. The van der Waals surface area contributed by atoms with E-state index in [0.717, 1.165) is 22.2 Å². The van der Waals surface area contributed by atoms with Crippen molar-refractivity contribution in [3.8, 4) is 11.5 Å². The molecule has 0 saturated heterocycles. The van der Waals surface area contributed by atoms with E-state index >= 15 is 0 Å². The first kappa shape index (κ1) is 18.0. The van der Waals surface area contributed by atoms with Gasteiger partial charge in [0.15, 0.2) is 0 Å². The van der Waals surface area contributed by atoms with E-state index in [1.807, 2.05) is 30.3 Å². The van der Waals surface area contributed by atoms with Crippen LogP contribution in [-0.4, -0.2) is 23.0 Å². The van der Waals surface area contributed by atoms with Crippen molar-refractivity contribution >= 4 is 33.4 Å². The SMILES string of the molecule is C[C@](N)(CN)C(=O)Nc1ccc(Oc2ccc3c(c2)[nH]c2ccccc23)cc1. The second kappa shape index (κ2) is 6.99. The lowest BCUT2D eigenvalue weighted by Crippen LogP contribution is -2.53. The lowest BCUT2D eigenvalue weighted by molar-refractivity contribution is -0.120. The number of hydrogen-bond acceptors (Lipinski definition) is 4. The molecule has 1 aromatic heterocycles. The van der Waals surface area contributed by atoms with Gasteiger partial charge < -0.3 is 26.5 Å². The molecule has 0 fully saturated rings. The van der Waals surface area contributed by atoms with Crippen LogP contribution < -0.4 is 21.5 Å². The van der Waals surface area contributed by atoms with Crippen LogP contribution in [0.1, 0.15) is 6.92 Å². The molecular formula is C22H22N4O2. The number of nitrogens with one attached hydrogen (secondary N) is 2. The van der Waals surface area contributed by atoms with Crippen LogP contribution in [0.5, 0.6) is 11.5 Å². The Balaban J connectivity index is 1.51. The number of aromatic nitrogens is 1. The minimum atomic E-state index is -1.11. The number of amides is 1. The number of carbonyl (C=O) groups excluding carboxylic acids is 1. The molecule has 3 aromatic carbocycles. The number of H-pyrrole nitrogens is 1. The zero-order valence-electron chi connectivity index (χ0n) is 15.5. The molecule has 1 heterocycles. The first-order chi connectivity index (χ1) is 13.5. The Morgan fingerprint density at radius 3 is 2.43 bits per heavy atom. The van der Waals surface area contributed by atoms with Gasteiger partial charge in [-0.15, -0.1) is 0 Å². The molecule has 0 aliphatic rings. The highest BCUT2D eigenvalue weighted by atomic mass is 16.5. The van der Waals surface area contributed by atoms with Gasteiger partial charge in [0.1, 0.15) is 17.0 Å². The summed E-state index contributed by atoms with van der Waals surface area (Å²) in [4.78, 5) is 15.5. The summed E-state index contributed by atoms with van der Waals surface area (Å²) >= 11 is 0. The highest BCUT2D eigenvalue weighted by Gasteiger charge is 2.26. The van der Waals surface area contributed by atoms with Crippen LogP contribution in [0.2, 0.25) is 0 Å². The first-order valence-electron chi connectivity index (χ1n) is 9.05. The van der Waals surface area contributed by atoms with Crippen molar-refractivity contribution in [1.82, 2.24) is 4.98 Å². The molecule has 4 aromatic rings. The highest BCUT2D eigenvalue weighted by Crippen LogP contribution is 2.30. The average Bonchev–Trinajstić information content (AvgIpc) is 3.07. The van der Waals surface area contributed by atoms with E-state index in [1.165, 1.54) is 5.39 Å². The third kappa shape index (κ3) is 3.43. The lowest BCUT2D eigenvalue weighted by atomic mass is 10.0. The van der Waals surface area contributed by atoms with Crippen LogP contribution in [0.4, 0.5) is 5.69 Å². The number of aromatic amines is 1. The topological polar surface area (TPSA) is 106 Å². The van der Waals surface area contributed by atoms with Gasteiger partial charge in [-0.1, -0.05) is 18.2 Å². The number of carbonyl (C=O) groups is 1. The first-order valence-corrected chi connectivity index (χ1v) is 9.05. The molecule has 6 N–H and O–H groups in total. The Kier molecular flexibility index (Phi) is 4.50. The Morgan fingerprint density at radius 1 is 1.00 bits per heavy atom. The second-order valence-corrected chi connectivity index (χ2v) is 7.08. The normalized spacial score (nSPS) is 13.4. The Hall–Kier alpha value is -3.35. The van der Waals surface area contributed by atoms with Crippen LogP contribution in [-0.2, 0) is 4.79 Å². The molecule has 1 atom stereocenters. The van der Waals surface area contributed by atoms with Gasteiger partial charge >= 0.3 is 0 Å². The molecule has 6 heteroatoms. The largest absolute Gasteiger partial charge is 0.457 e. The fourth-order valence-electron chi connectivity index (χ4n) is 3.01. The maximum Gasteiger partial charge on any atom is 0.245 e. The summed E-state index contributed by atoms with van der Waals surface area (Å²) in [6.07, 6.45) is 0. The predicted molar refractivity (Wildman–Crippen MR) is 113 cm³/mol. The molecule has 0 radical (unpaired) electrons. The maximum absolute atomic E-state index is 12.1. The Labute approximate surface area is 162 Å². The van der Waals surface area contributed by atoms with E-state index in [4.69, 9.17) is 16.2 Å². The monoisotopic (exact) mass is 374 g/mol. The van der Waals surface area contributed by atoms with Crippen molar-refractivity contribution in [3.63, 3.8) is 0 Å². The molecule has 0 bridgehead atoms. The van der Waals surface area contributed by atoms with E-state index in [9.17, 15) is 4.79 Å². The van der Waals surface area contributed by atoms with Crippen molar-refractivity contribution in [2.45, 2.75) is 12.5 Å². The summed E-state index contributed by atoms with van der Waals surface area (Å²) in [5, 5.41) is 5.11. The van der Waals surface area contributed by atoms with Gasteiger partial charge in [-0.3, -0.25) is 4.79 Å².